The third-order valence-electron chi connectivity index (χ3n) is 0.391. The van der Waals surface area contributed by atoms with Crippen LogP contribution in [0.2, 0.25) is 0 Å². The Balaban J connectivity index is 2.81. The number of hydrogen-bond donors (Lipinski definition) is 2. The van der Waals surface area contributed by atoms with Crippen LogP contribution in [0.25, 0.3) is 0 Å². The van der Waals surface area contributed by atoms with Crippen LogP contribution in [0.4, 0.5) is 0 Å². The predicted molar refractivity (Wildman–Crippen MR) is 26.9 cm³/mol. The molecule has 0 spiro atoms. The molecule has 0 aromatic rings. The van der Waals surface area contributed by atoms with Gasteiger partial charge in [0.2, 0.25) is 0 Å². The van der Waals surface area contributed by atoms with E-state index in [1.54, 1.807) is 0 Å². The summed E-state index contributed by atoms with van der Waals surface area (Å²) in [5, 5.41) is 2.42. The van der Waals surface area contributed by atoms with E-state index >= 15 is 0 Å². The van der Waals surface area contributed by atoms with Gasteiger partial charge in [0.25, 0.3) is 0 Å². The molecule has 4 nitrogen and oxygen atoms in total. The fraction of sp³-hybridized carbons (Fsp3) is 1.00. The lowest BCUT2D eigenvalue weighted by atomic mass is 10.8. The van der Waals surface area contributed by atoms with Crippen molar-refractivity contribution in [2.24, 2.45) is 5.18 Å². The molecule has 2 N–H and O–H groups in total. The predicted octanol–water partition coefficient (Wildman–Crippen LogP) is 0.0493. The van der Waals surface area contributed by atoms with E-state index < -0.39 is 8.38 Å². The molecule has 0 aliphatic carbocycles. The minimum Gasteiger partial charge on any atom is -0.350 e. The van der Waals surface area contributed by atoms with Crippen molar-refractivity contribution in [3.05, 3.63) is 4.91 Å². The Morgan fingerprint density at radius 3 is 2.29 bits per heavy atom. The van der Waals surface area contributed by atoms with E-state index in [0.29, 0.717) is 0 Å². The van der Waals surface area contributed by atoms with Crippen LogP contribution in [0.15, 0.2) is 5.18 Å². The lowest BCUT2D eigenvalue weighted by Crippen LogP contribution is -1.84. The van der Waals surface area contributed by atoms with Gasteiger partial charge in [-0.15, -0.1) is 0 Å². The molecule has 0 aliphatic rings. The first-order valence-corrected chi connectivity index (χ1v) is 3.15. The highest BCUT2D eigenvalue weighted by atomic mass is 31.2. The summed E-state index contributed by atoms with van der Waals surface area (Å²) in [4.78, 5) is 25.5. The molecular weight excluding hydrogens is 117 g/mol. The van der Waals surface area contributed by atoms with Crippen molar-refractivity contribution in [1.82, 2.24) is 0 Å². The maximum absolute atomic E-state index is 9.25. The monoisotopic (exact) mass is 123 g/mol. The number of rotatable bonds is 3. The first-order valence-electron chi connectivity index (χ1n) is 1.72. The van der Waals surface area contributed by atoms with E-state index in [1.807, 2.05) is 0 Å². The number of hydrogen-bond acceptors (Lipinski definition) is 4. The summed E-state index contributed by atoms with van der Waals surface area (Å²) in [7, 11) is -1.90. The van der Waals surface area contributed by atoms with Crippen LogP contribution < -0.4 is 0 Å². The zero-order valence-electron chi connectivity index (χ0n) is 3.61. The molecule has 0 unspecified atom stereocenters. The van der Waals surface area contributed by atoms with Crippen LogP contribution in [-0.4, -0.2) is 22.5 Å². The Morgan fingerprint density at radius 2 is 2.14 bits per heavy atom. The molecule has 0 rings (SSSR count). The molecule has 0 fully saturated rings. The first-order chi connectivity index (χ1) is 3.27. The lowest BCUT2D eigenvalue weighted by molar-refractivity contribution is 0.483. The van der Waals surface area contributed by atoms with Crippen LogP contribution in [0.5, 0.6) is 0 Å². The van der Waals surface area contributed by atoms with E-state index in [0.717, 1.165) is 0 Å². The first kappa shape index (κ1) is 6.95. The Morgan fingerprint density at radius 1 is 1.57 bits per heavy atom. The summed E-state index contributed by atoms with van der Waals surface area (Å²) in [6.45, 7) is -0.00129. The van der Waals surface area contributed by atoms with Crippen LogP contribution >= 0.6 is 8.38 Å². The third kappa shape index (κ3) is 5.95. The Hall–Kier alpha value is -0.0500. The van der Waals surface area contributed by atoms with Gasteiger partial charge in [-0.2, -0.15) is 4.91 Å². The van der Waals surface area contributed by atoms with Crippen molar-refractivity contribution in [2.75, 3.05) is 12.7 Å². The van der Waals surface area contributed by atoms with Crippen molar-refractivity contribution < 1.29 is 9.79 Å². The summed E-state index contributed by atoms with van der Waals surface area (Å²) >= 11 is 0. The molecule has 0 aromatic carbocycles. The summed E-state index contributed by atoms with van der Waals surface area (Å²) in [6.07, 6.45) is 0.0961. The summed E-state index contributed by atoms with van der Waals surface area (Å²) < 4.78 is 0. The fourth-order valence-corrected chi connectivity index (χ4v) is 0.391. The lowest BCUT2D eigenvalue weighted by Gasteiger charge is -1.92. The van der Waals surface area contributed by atoms with E-state index in [2.05, 4.69) is 5.18 Å². The van der Waals surface area contributed by atoms with Gasteiger partial charge in [0, 0.05) is 6.16 Å². The van der Waals surface area contributed by atoms with Gasteiger partial charge in [-0.3, -0.25) is 0 Å². The molecule has 0 aromatic heterocycles. The quantitative estimate of drug-likeness (QED) is 0.411. The molecule has 0 atom stereocenters. The van der Waals surface area contributed by atoms with Gasteiger partial charge in [-0.25, -0.2) is 0 Å². The molecule has 42 valence electrons. The van der Waals surface area contributed by atoms with Crippen molar-refractivity contribution in [1.29, 1.82) is 0 Å². The Kier molecular flexibility index (Phi) is 4.09. The standard InChI is InChI=1S/C2H6NO3P/c4-3-1-2-7(5)6/h5-6H,1-2H2. The van der Waals surface area contributed by atoms with Crippen molar-refractivity contribution in [2.45, 2.75) is 0 Å². The maximum atomic E-state index is 9.25. The van der Waals surface area contributed by atoms with Crippen LogP contribution in [0.3, 0.4) is 0 Å². The topological polar surface area (TPSA) is 69.9 Å². The summed E-state index contributed by atoms with van der Waals surface area (Å²) in [6, 6.07) is 0. The summed E-state index contributed by atoms with van der Waals surface area (Å²) in [5.41, 5.74) is 0. The Labute approximate surface area is 42.1 Å². The minimum atomic E-state index is -1.90. The zero-order valence-corrected chi connectivity index (χ0v) is 4.51. The van der Waals surface area contributed by atoms with Crippen LogP contribution in [0.1, 0.15) is 0 Å². The van der Waals surface area contributed by atoms with Gasteiger partial charge >= 0.3 is 0 Å². The summed E-state index contributed by atoms with van der Waals surface area (Å²) in [5.74, 6) is 0. The second-order valence-electron chi connectivity index (χ2n) is 0.949. The van der Waals surface area contributed by atoms with Crippen molar-refractivity contribution in [3.8, 4) is 0 Å². The molecule has 0 radical (unpaired) electrons. The second-order valence-corrected chi connectivity index (χ2v) is 2.14. The SMILES string of the molecule is O=NCCP(O)O. The van der Waals surface area contributed by atoms with E-state index in [1.165, 1.54) is 0 Å². The minimum absolute atomic E-state index is 0.00129. The van der Waals surface area contributed by atoms with E-state index in [9.17, 15) is 4.91 Å². The zero-order chi connectivity index (χ0) is 5.70. The van der Waals surface area contributed by atoms with Gasteiger partial charge in [0.05, 0.1) is 6.54 Å². The number of nitrogens with zero attached hydrogens (tertiary/aromatic N) is 1. The molecule has 0 aliphatic heterocycles. The molecule has 0 heterocycles. The Bertz CT molecular complexity index is 56.9. The highest BCUT2D eigenvalue weighted by Crippen LogP contribution is 2.20. The molecule has 5 heteroatoms. The molecule has 0 bridgehead atoms. The molecular formula is C2H6NO3P. The number of nitroso groups, excluding NO2 is 1. The average Bonchev–Trinajstić information content (AvgIpc) is 1.61. The van der Waals surface area contributed by atoms with Crippen molar-refractivity contribution in [3.63, 3.8) is 0 Å². The van der Waals surface area contributed by atoms with Gasteiger partial charge in [-0.1, -0.05) is 5.18 Å². The van der Waals surface area contributed by atoms with Crippen LogP contribution in [0, 0.1) is 4.91 Å². The molecule has 7 heavy (non-hydrogen) atoms. The van der Waals surface area contributed by atoms with Crippen LogP contribution in [-0.2, 0) is 0 Å². The molecule has 0 saturated carbocycles. The third-order valence-corrected chi connectivity index (χ3v) is 0.991. The van der Waals surface area contributed by atoms with Crippen molar-refractivity contribution >= 4 is 8.38 Å². The highest BCUT2D eigenvalue weighted by Gasteiger charge is 1.94. The van der Waals surface area contributed by atoms with E-state index in [-0.39, 0.29) is 12.7 Å². The normalized spacial score (nSPS) is 9.57. The molecule has 0 amide bonds. The second kappa shape index (κ2) is 4.12. The molecule has 0 saturated heterocycles. The van der Waals surface area contributed by atoms with Gasteiger partial charge in [0.15, 0.2) is 8.38 Å². The van der Waals surface area contributed by atoms with E-state index in [4.69, 9.17) is 9.79 Å². The van der Waals surface area contributed by atoms with Gasteiger partial charge < -0.3 is 9.79 Å². The fourth-order valence-electron chi connectivity index (χ4n) is 0.130. The van der Waals surface area contributed by atoms with Gasteiger partial charge in [-0.05, 0) is 0 Å². The highest BCUT2D eigenvalue weighted by molar-refractivity contribution is 7.45. The largest absolute Gasteiger partial charge is 0.350 e. The maximum Gasteiger partial charge on any atom is 0.166 e. The smallest absolute Gasteiger partial charge is 0.166 e. The average molecular weight is 123 g/mol. The van der Waals surface area contributed by atoms with Gasteiger partial charge in [0.1, 0.15) is 0 Å².